The summed E-state index contributed by atoms with van der Waals surface area (Å²) in [5, 5.41) is 16.9. The molecule has 0 unspecified atom stereocenters. The fourth-order valence-electron chi connectivity index (χ4n) is 2.50. The van der Waals surface area contributed by atoms with E-state index in [1.54, 1.807) is 24.4 Å². The number of hydrogen-bond acceptors (Lipinski definition) is 6. The van der Waals surface area contributed by atoms with Gasteiger partial charge in [0.2, 0.25) is 0 Å². The maximum Gasteiger partial charge on any atom is 0.305 e. The highest BCUT2D eigenvalue weighted by Crippen LogP contribution is 2.40. The van der Waals surface area contributed by atoms with Gasteiger partial charge in [-0.05, 0) is 18.2 Å². The van der Waals surface area contributed by atoms with E-state index in [1.807, 2.05) is 6.07 Å². The van der Waals surface area contributed by atoms with E-state index >= 15 is 0 Å². The van der Waals surface area contributed by atoms with Crippen LogP contribution in [-0.4, -0.2) is 46.9 Å². The average molecular weight is 378 g/mol. The number of fused-ring (bicyclic) bond motifs is 1. The standard InChI is InChI=1S/C17H16ClN3O5/c18-12-8-13-15(26-10-16(22)21(13)6-3-17(23)24)9-14(12)25-7-4-11-2-1-5-19-20-11/h1-2,5,8-9H,3-4,6-7,10H2,(H,23,24). The van der Waals surface area contributed by atoms with Crippen molar-refractivity contribution in [2.24, 2.45) is 0 Å². The molecule has 9 heteroatoms. The van der Waals surface area contributed by atoms with Crippen molar-refractivity contribution in [3.63, 3.8) is 0 Å². The molecule has 1 aliphatic rings. The summed E-state index contributed by atoms with van der Waals surface area (Å²) in [6.07, 6.45) is 1.99. The average Bonchev–Trinajstić information content (AvgIpc) is 2.62. The molecule has 0 saturated heterocycles. The van der Waals surface area contributed by atoms with E-state index in [2.05, 4.69) is 10.2 Å². The van der Waals surface area contributed by atoms with E-state index in [4.69, 9.17) is 26.2 Å². The Hall–Kier alpha value is -2.87. The normalized spacial score (nSPS) is 13.1. The van der Waals surface area contributed by atoms with Crippen LogP contribution in [0.4, 0.5) is 5.69 Å². The van der Waals surface area contributed by atoms with Gasteiger partial charge in [0.15, 0.2) is 6.61 Å². The number of benzene rings is 1. The van der Waals surface area contributed by atoms with Gasteiger partial charge in [0.05, 0.1) is 29.4 Å². The second-order valence-corrected chi connectivity index (χ2v) is 5.95. The summed E-state index contributed by atoms with van der Waals surface area (Å²) in [6.45, 7) is 0.236. The molecule has 0 fully saturated rings. The molecule has 0 radical (unpaired) electrons. The minimum Gasteiger partial charge on any atom is -0.491 e. The summed E-state index contributed by atoms with van der Waals surface area (Å²) < 4.78 is 11.1. The number of ether oxygens (including phenoxy) is 2. The molecule has 1 amide bonds. The topological polar surface area (TPSA) is 102 Å². The van der Waals surface area contributed by atoms with Crippen molar-refractivity contribution >= 4 is 29.2 Å². The third-order valence-electron chi connectivity index (χ3n) is 3.75. The monoisotopic (exact) mass is 377 g/mol. The van der Waals surface area contributed by atoms with Crippen molar-refractivity contribution in [1.82, 2.24) is 10.2 Å². The Kier molecular flexibility index (Phi) is 5.52. The van der Waals surface area contributed by atoms with Gasteiger partial charge in [-0.15, -0.1) is 0 Å². The van der Waals surface area contributed by atoms with Crippen LogP contribution in [0, 0.1) is 0 Å². The number of carboxylic acids is 1. The summed E-state index contributed by atoms with van der Waals surface area (Å²) in [5.74, 6) is -0.456. The van der Waals surface area contributed by atoms with E-state index in [0.717, 1.165) is 5.69 Å². The molecule has 0 aliphatic carbocycles. The third-order valence-corrected chi connectivity index (χ3v) is 4.04. The lowest BCUT2D eigenvalue weighted by Gasteiger charge is -2.29. The number of aromatic nitrogens is 2. The number of anilines is 1. The van der Waals surface area contributed by atoms with Crippen LogP contribution in [0.2, 0.25) is 5.02 Å². The minimum absolute atomic E-state index is 0.0493. The second-order valence-electron chi connectivity index (χ2n) is 5.54. The van der Waals surface area contributed by atoms with Crippen molar-refractivity contribution < 1.29 is 24.2 Å². The predicted molar refractivity (Wildman–Crippen MR) is 92.8 cm³/mol. The Morgan fingerprint density at radius 3 is 3.00 bits per heavy atom. The Bertz CT molecular complexity index is 816. The summed E-state index contributed by atoms with van der Waals surface area (Å²) in [5.41, 5.74) is 1.23. The largest absolute Gasteiger partial charge is 0.491 e. The van der Waals surface area contributed by atoms with Gasteiger partial charge in [0.1, 0.15) is 11.5 Å². The number of carboxylic acid groups (broad SMARTS) is 1. The van der Waals surface area contributed by atoms with E-state index in [-0.39, 0.29) is 25.5 Å². The number of rotatable bonds is 7. The first-order valence-electron chi connectivity index (χ1n) is 7.92. The molecule has 0 bridgehead atoms. The van der Waals surface area contributed by atoms with Gasteiger partial charge in [-0.3, -0.25) is 9.59 Å². The molecular weight excluding hydrogens is 362 g/mol. The Morgan fingerprint density at radius 1 is 1.42 bits per heavy atom. The third kappa shape index (κ3) is 4.20. The molecule has 1 aromatic heterocycles. The summed E-state index contributed by atoms with van der Waals surface area (Å²) >= 11 is 6.26. The molecule has 1 N–H and O–H groups in total. The van der Waals surface area contributed by atoms with E-state index in [0.29, 0.717) is 35.2 Å². The van der Waals surface area contributed by atoms with Gasteiger partial charge in [0.25, 0.3) is 5.91 Å². The number of amides is 1. The lowest BCUT2D eigenvalue weighted by Crippen LogP contribution is -2.40. The Balaban J connectivity index is 1.72. The first kappa shape index (κ1) is 17.9. The van der Waals surface area contributed by atoms with Crippen molar-refractivity contribution in [2.75, 3.05) is 24.7 Å². The molecule has 2 heterocycles. The van der Waals surface area contributed by atoms with Crippen LogP contribution in [0.15, 0.2) is 30.5 Å². The second kappa shape index (κ2) is 8.01. The number of carbonyl (C=O) groups is 2. The predicted octanol–water partition coefficient (Wildman–Crippen LogP) is 1.95. The summed E-state index contributed by atoms with van der Waals surface area (Å²) in [7, 11) is 0. The zero-order chi connectivity index (χ0) is 18.5. The van der Waals surface area contributed by atoms with Gasteiger partial charge >= 0.3 is 5.97 Å². The highest BCUT2D eigenvalue weighted by Gasteiger charge is 2.27. The van der Waals surface area contributed by atoms with Gasteiger partial charge in [-0.1, -0.05) is 11.6 Å². The van der Waals surface area contributed by atoms with E-state index < -0.39 is 5.97 Å². The zero-order valence-corrected chi connectivity index (χ0v) is 14.5. The number of halogens is 1. The molecule has 26 heavy (non-hydrogen) atoms. The van der Waals surface area contributed by atoms with E-state index in [9.17, 15) is 9.59 Å². The summed E-state index contributed by atoms with van der Waals surface area (Å²) in [4.78, 5) is 24.2. The van der Waals surface area contributed by atoms with Crippen LogP contribution < -0.4 is 14.4 Å². The maximum absolute atomic E-state index is 12.0. The van der Waals surface area contributed by atoms with Crippen LogP contribution in [0.3, 0.4) is 0 Å². The molecule has 136 valence electrons. The maximum atomic E-state index is 12.0. The lowest BCUT2D eigenvalue weighted by molar-refractivity contribution is -0.136. The smallest absolute Gasteiger partial charge is 0.305 e. The fraction of sp³-hybridized carbons (Fsp3) is 0.294. The minimum atomic E-state index is -0.985. The highest BCUT2D eigenvalue weighted by molar-refractivity contribution is 6.32. The molecule has 0 atom stereocenters. The first-order valence-corrected chi connectivity index (χ1v) is 8.30. The van der Waals surface area contributed by atoms with Crippen molar-refractivity contribution in [3.05, 3.63) is 41.2 Å². The van der Waals surface area contributed by atoms with Crippen molar-refractivity contribution in [2.45, 2.75) is 12.8 Å². The quantitative estimate of drug-likeness (QED) is 0.786. The number of nitrogens with zero attached hydrogens (tertiary/aromatic N) is 3. The van der Waals surface area contributed by atoms with Crippen LogP contribution >= 0.6 is 11.6 Å². The zero-order valence-electron chi connectivity index (χ0n) is 13.7. The molecule has 0 spiro atoms. The van der Waals surface area contributed by atoms with Crippen LogP contribution in [-0.2, 0) is 16.0 Å². The van der Waals surface area contributed by atoms with Gasteiger partial charge in [-0.2, -0.15) is 10.2 Å². The Morgan fingerprint density at radius 2 is 2.27 bits per heavy atom. The number of aliphatic carboxylic acids is 1. The SMILES string of the molecule is O=C(O)CCN1C(=O)COc2cc(OCCc3cccnn3)c(Cl)cc21. The van der Waals surface area contributed by atoms with Gasteiger partial charge < -0.3 is 19.5 Å². The van der Waals surface area contributed by atoms with Gasteiger partial charge in [0, 0.05) is 25.2 Å². The highest BCUT2D eigenvalue weighted by atomic mass is 35.5. The first-order chi connectivity index (χ1) is 12.5. The Labute approximate surface area is 154 Å². The molecule has 2 aromatic rings. The van der Waals surface area contributed by atoms with Crippen LogP contribution in [0.1, 0.15) is 12.1 Å². The van der Waals surface area contributed by atoms with Crippen molar-refractivity contribution in [3.8, 4) is 11.5 Å². The molecule has 1 aromatic carbocycles. The van der Waals surface area contributed by atoms with Crippen molar-refractivity contribution in [1.29, 1.82) is 0 Å². The lowest BCUT2D eigenvalue weighted by atomic mass is 10.2. The molecule has 1 aliphatic heterocycles. The van der Waals surface area contributed by atoms with Crippen LogP contribution in [0.5, 0.6) is 11.5 Å². The fourth-order valence-corrected chi connectivity index (χ4v) is 2.71. The van der Waals surface area contributed by atoms with Crippen LogP contribution in [0.25, 0.3) is 0 Å². The molecule has 0 saturated carbocycles. The number of carbonyl (C=O) groups excluding carboxylic acids is 1. The number of hydrogen-bond donors (Lipinski definition) is 1. The molecular formula is C17H16ClN3O5. The van der Waals surface area contributed by atoms with E-state index in [1.165, 1.54) is 4.90 Å². The molecule has 8 nitrogen and oxygen atoms in total. The molecule has 3 rings (SSSR count). The summed E-state index contributed by atoms with van der Waals surface area (Å²) in [6, 6.07) is 6.80. The van der Waals surface area contributed by atoms with Gasteiger partial charge in [-0.25, -0.2) is 0 Å².